The average molecular weight is 324 g/mol. The Balaban J connectivity index is 2.21. The lowest BCUT2D eigenvalue weighted by Crippen LogP contribution is -2.39. The number of hydrogen-bond donors (Lipinski definition) is 1. The molecule has 0 aliphatic carbocycles. The molecule has 2 heterocycles. The van der Waals surface area contributed by atoms with E-state index in [1.54, 1.807) is 6.92 Å². The summed E-state index contributed by atoms with van der Waals surface area (Å²) < 4.78 is 2.74. The summed E-state index contributed by atoms with van der Waals surface area (Å²) in [6.45, 7) is 6.43. The monoisotopic (exact) mass is 324 g/mol. The van der Waals surface area contributed by atoms with Crippen molar-refractivity contribution in [2.45, 2.75) is 33.9 Å². The van der Waals surface area contributed by atoms with Gasteiger partial charge in [0.1, 0.15) is 11.3 Å². The Morgan fingerprint density at radius 1 is 1.12 bits per heavy atom. The van der Waals surface area contributed by atoms with Crippen molar-refractivity contribution in [2.75, 3.05) is 0 Å². The maximum Gasteiger partial charge on any atom is 0.332 e. The fourth-order valence-corrected chi connectivity index (χ4v) is 2.81. The van der Waals surface area contributed by atoms with E-state index in [-0.39, 0.29) is 11.2 Å². The summed E-state index contributed by atoms with van der Waals surface area (Å²) in [5, 5.41) is 0. The lowest BCUT2D eigenvalue weighted by atomic mass is 10.1. The van der Waals surface area contributed by atoms with Crippen molar-refractivity contribution in [3.8, 4) is 0 Å². The lowest BCUT2D eigenvalue weighted by molar-refractivity contribution is 0.605. The Morgan fingerprint density at radius 3 is 2.42 bits per heavy atom. The SMILES string of the molecule is CCn1c(=O)c2[nH]c(C=C(C)c3ccccc3)nc2n(CC)c1=O. The smallest absolute Gasteiger partial charge is 0.332 e. The van der Waals surface area contributed by atoms with Crippen molar-refractivity contribution < 1.29 is 0 Å². The molecule has 0 atom stereocenters. The molecule has 0 amide bonds. The molecule has 1 N–H and O–H groups in total. The van der Waals surface area contributed by atoms with E-state index in [0.29, 0.717) is 30.1 Å². The highest BCUT2D eigenvalue weighted by Crippen LogP contribution is 2.17. The molecule has 0 fully saturated rings. The van der Waals surface area contributed by atoms with Gasteiger partial charge < -0.3 is 4.98 Å². The van der Waals surface area contributed by atoms with Crippen LogP contribution < -0.4 is 11.2 Å². The highest BCUT2D eigenvalue weighted by Gasteiger charge is 2.15. The Hall–Kier alpha value is -2.89. The zero-order chi connectivity index (χ0) is 17.3. The topological polar surface area (TPSA) is 72.7 Å². The molecule has 2 aromatic heterocycles. The fourth-order valence-electron chi connectivity index (χ4n) is 2.81. The molecular formula is C18H20N4O2. The van der Waals surface area contributed by atoms with E-state index in [1.807, 2.05) is 50.3 Å². The first-order chi connectivity index (χ1) is 11.6. The third-order valence-corrected chi connectivity index (χ3v) is 4.09. The van der Waals surface area contributed by atoms with Crippen LogP contribution >= 0.6 is 0 Å². The van der Waals surface area contributed by atoms with E-state index in [4.69, 9.17) is 0 Å². The van der Waals surface area contributed by atoms with Gasteiger partial charge in [-0.25, -0.2) is 9.78 Å². The number of rotatable bonds is 4. The number of aromatic amines is 1. The van der Waals surface area contributed by atoms with Gasteiger partial charge >= 0.3 is 5.69 Å². The van der Waals surface area contributed by atoms with Crippen LogP contribution in [-0.2, 0) is 13.1 Å². The summed E-state index contributed by atoms with van der Waals surface area (Å²) in [5.41, 5.74) is 2.23. The molecule has 24 heavy (non-hydrogen) atoms. The quantitative estimate of drug-likeness (QED) is 0.801. The van der Waals surface area contributed by atoms with E-state index in [0.717, 1.165) is 11.1 Å². The third kappa shape index (κ3) is 2.60. The van der Waals surface area contributed by atoms with Gasteiger partial charge in [0, 0.05) is 13.1 Å². The van der Waals surface area contributed by atoms with Crippen molar-refractivity contribution in [3.05, 3.63) is 62.6 Å². The minimum absolute atomic E-state index is 0.320. The summed E-state index contributed by atoms with van der Waals surface area (Å²) in [7, 11) is 0. The molecule has 1 aromatic carbocycles. The van der Waals surface area contributed by atoms with Gasteiger partial charge in [0.25, 0.3) is 5.56 Å². The van der Waals surface area contributed by atoms with E-state index >= 15 is 0 Å². The lowest BCUT2D eigenvalue weighted by Gasteiger charge is -2.06. The van der Waals surface area contributed by atoms with Crippen LogP contribution in [0.4, 0.5) is 0 Å². The van der Waals surface area contributed by atoms with E-state index in [1.165, 1.54) is 9.13 Å². The molecule has 124 valence electrons. The molecule has 6 heteroatoms. The molecule has 0 radical (unpaired) electrons. The number of allylic oxidation sites excluding steroid dienone is 1. The number of aryl methyl sites for hydroxylation is 1. The first-order valence-electron chi connectivity index (χ1n) is 8.03. The van der Waals surface area contributed by atoms with Crippen LogP contribution in [0.15, 0.2) is 39.9 Å². The maximum atomic E-state index is 12.5. The second kappa shape index (κ2) is 6.31. The van der Waals surface area contributed by atoms with Gasteiger partial charge in [0.2, 0.25) is 0 Å². The zero-order valence-corrected chi connectivity index (χ0v) is 14.0. The van der Waals surface area contributed by atoms with Crippen LogP contribution in [-0.4, -0.2) is 19.1 Å². The number of imidazole rings is 1. The standard InChI is InChI=1S/C18H20N4O2/c1-4-21-16-15(17(23)22(5-2)18(21)24)19-14(20-16)11-12(3)13-9-7-6-8-10-13/h6-11H,4-5H2,1-3H3,(H,19,20). The summed E-state index contributed by atoms with van der Waals surface area (Å²) in [6, 6.07) is 9.94. The third-order valence-electron chi connectivity index (χ3n) is 4.09. The molecule has 0 saturated heterocycles. The molecule has 3 aromatic rings. The predicted octanol–water partition coefficient (Wildman–Crippen LogP) is 2.49. The van der Waals surface area contributed by atoms with Gasteiger partial charge in [-0.15, -0.1) is 0 Å². The first kappa shape index (κ1) is 16.0. The van der Waals surface area contributed by atoms with Crippen molar-refractivity contribution >= 4 is 22.8 Å². The molecule has 6 nitrogen and oxygen atoms in total. The number of aromatic nitrogens is 4. The second-order valence-corrected chi connectivity index (χ2v) is 5.59. The van der Waals surface area contributed by atoms with Crippen LogP contribution in [0.25, 0.3) is 22.8 Å². The van der Waals surface area contributed by atoms with Crippen LogP contribution in [0, 0.1) is 0 Å². The fraction of sp³-hybridized carbons (Fsp3) is 0.278. The summed E-state index contributed by atoms with van der Waals surface area (Å²) in [4.78, 5) is 32.4. The van der Waals surface area contributed by atoms with Gasteiger partial charge in [0.15, 0.2) is 5.65 Å². The highest BCUT2D eigenvalue weighted by atomic mass is 16.2. The molecule has 0 bridgehead atoms. The van der Waals surface area contributed by atoms with E-state index in [9.17, 15) is 9.59 Å². The minimum Gasteiger partial charge on any atom is -0.333 e. The molecule has 3 rings (SSSR count). The summed E-state index contributed by atoms with van der Waals surface area (Å²) in [5.74, 6) is 0.568. The molecule has 0 unspecified atom stereocenters. The molecule has 0 saturated carbocycles. The normalized spacial score (nSPS) is 12.0. The Bertz CT molecular complexity index is 1020. The first-order valence-corrected chi connectivity index (χ1v) is 8.03. The molecule has 0 aliphatic heterocycles. The number of benzene rings is 1. The molecular weight excluding hydrogens is 304 g/mol. The van der Waals surface area contributed by atoms with Crippen LogP contribution in [0.5, 0.6) is 0 Å². The number of nitrogens with one attached hydrogen (secondary N) is 1. The second-order valence-electron chi connectivity index (χ2n) is 5.59. The number of H-pyrrole nitrogens is 1. The Labute approximate surface area is 139 Å². The number of hydrogen-bond acceptors (Lipinski definition) is 3. The molecule has 0 spiro atoms. The van der Waals surface area contributed by atoms with Gasteiger partial charge in [-0.05, 0) is 38.0 Å². The average Bonchev–Trinajstić information content (AvgIpc) is 3.00. The van der Waals surface area contributed by atoms with Crippen molar-refractivity contribution in [1.29, 1.82) is 0 Å². The Kier molecular flexibility index (Phi) is 4.20. The maximum absolute atomic E-state index is 12.5. The zero-order valence-electron chi connectivity index (χ0n) is 14.0. The van der Waals surface area contributed by atoms with Gasteiger partial charge in [-0.1, -0.05) is 30.3 Å². The molecule has 0 aliphatic rings. The minimum atomic E-state index is -0.327. The van der Waals surface area contributed by atoms with E-state index < -0.39 is 0 Å². The summed E-state index contributed by atoms with van der Waals surface area (Å²) >= 11 is 0. The Morgan fingerprint density at radius 2 is 1.79 bits per heavy atom. The van der Waals surface area contributed by atoms with Crippen molar-refractivity contribution in [2.24, 2.45) is 0 Å². The van der Waals surface area contributed by atoms with E-state index in [2.05, 4.69) is 9.97 Å². The van der Waals surface area contributed by atoms with Crippen LogP contribution in [0.1, 0.15) is 32.2 Å². The predicted molar refractivity (Wildman–Crippen MR) is 95.9 cm³/mol. The highest BCUT2D eigenvalue weighted by molar-refractivity contribution is 5.81. The van der Waals surface area contributed by atoms with Gasteiger partial charge in [0.05, 0.1) is 0 Å². The van der Waals surface area contributed by atoms with Crippen LogP contribution in [0.3, 0.4) is 0 Å². The summed E-state index contributed by atoms with van der Waals surface area (Å²) in [6.07, 6.45) is 1.88. The largest absolute Gasteiger partial charge is 0.333 e. The van der Waals surface area contributed by atoms with Gasteiger partial charge in [-0.3, -0.25) is 13.9 Å². The van der Waals surface area contributed by atoms with Crippen molar-refractivity contribution in [3.63, 3.8) is 0 Å². The van der Waals surface area contributed by atoms with Gasteiger partial charge in [-0.2, -0.15) is 0 Å². The number of fused-ring (bicyclic) bond motifs is 1. The van der Waals surface area contributed by atoms with Crippen molar-refractivity contribution in [1.82, 2.24) is 19.1 Å². The van der Waals surface area contributed by atoms with Crippen LogP contribution in [0.2, 0.25) is 0 Å². The number of nitrogens with zero attached hydrogens (tertiary/aromatic N) is 3.